The van der Waals surface area contributed by atoms with Crippen molar-refractivity contribution in [2.75, 3.05) is 0 Å². The zero-order valence-corrected chi connectivity index (χ0v) is 14.3. The molecule has 0 radical (unpaired) electrons. The molecule has 0 atom stereocenters. The standard InChI is InChI=1S/C21H12ClN3O/c22-21-24-16-6-2-1-5-15(16)19(25-21)13-9-11-14(12-10-13)20-23-17-7-3-4-8-18(17)26-20/h1-12H. The van der Waals surface area contributed by atoms with Gasteiger partial charge in [0.1, 0.15) is 5.52 Å². The van der Waals surface area contributed by atoms with E-state index < -0.39 is 0 Å². The molecular formula is C21H12ClN3O. The third-order valence-corrected chi connectivity index (χ3v) is 4.44. The zero-order chi connectivity index (χ0) is 17.5. The predicted molar refractivity (Wildman–Crippen MR) is 103 cm³/mol. The van der Waals surface area contributed by atoms with Gasteiger partial charge in [0.15, 0.2) is 5.58 Å². The van der Waals surface area contributed by atoms with E-state index in [-0.39, 0.29) is 5.28 Å². The molecule has 5 rings (SSSR count). The molecule has 0 bridgehead atoms. The molecular weight excluding hydrogens is 346 g/mol. The Morgan fingerprint density at radius 2 is 1.35 bits per heavy atom. The van der Waals surface area contributed by atoms with Crippen LogP contribution in [0, 0.1) is 0 Å². The molecule has 0 saturated carbocycles. The number of para-hydroxylation sites is 3. The number of rotatable bonds is 2. The quantitative estimate of drug-likeness (QED) is 0.377. The van der Waals surface area contributed by atoms with Gasteiger partial charge in [-0.2, -0.15) is 0 Å². The van der Waals surface area contributed by atoms with Gasteiger partial charge < -0.3 is 4.42 Å². The maximum Gasteiger partial charge on any atom is 0.227 e. The van der Waals surface area contributed by atoms with Crippen LogP contribution in [0.25, 0.3) is 44.7 Å². The van der Waals surface area contributed by atoms with Gasteiger partial charge in [-0.1, -0.05) is 42.5 Å². The van der Waals surface area contributed by atoms with Gasteiger partial charge in [0, 0.05) is 16.5 Å². The fourth-order valence-electron chi connectivity index (χ4n) is 3.03. The number of hydrogen-bond acceptors (Lipinski definition) is 4. The van der Waals surface area contributed by atoms with Gasteiger partial charge in [-0.05, 0) is 41.9 Å². The second-order valence-electron chi connectivity index (χ2n) is 5.92. The monoisotopic (exact) mass is 357 g/mol. The normalized spacial score (nSPS) is 11.3. The molecule has 0 amide bonds. The summed E-state index contributed by atoms with van der Waals surface area (Å²) in [6, 6.07) is 23.5. The Balaban J connectivity index is 1.60. The Morgan fingerprint density at radius 3 is 2.15 bits per heavy atom. The van der Waals surface area contributed by atoms with Crippen molar-refractivity contribution in [3.8, 4) is 22.7 Å². The molecule has 0 aliphatic rings. The average molecular weight is 358 g/mol. The van der Waals surface area contributed by atoms with Gasteiger partial charge in [-0.15, -0.1) is 0 Å². The smallest absolute Gasteiger partial charge is 0.227 e. The van der Waals surface area contributed by atoms with Crippen LogP contribution in [0.3, 0.4) is 0 Å². The van der Waals surface area contributed by atoms with Crippen molar-refractivity contribution < 1.29 is 4.42 Å². The Hall–Kier alpha value is -3.24. The molecule has 0 N–H and O–H groups in total. The highest BCUT2D eigenvalue weighted by molar-refractivity contribution is 6.28. The molecule has 5 heteroatoms. The second-order valence-corrected chi connectivity index (χ2v) is 6.26. The van der Waals surface area contributed by atoms with Crippen LogP contribution < -0.4 is 0 Å². The van der Waals surface area contributed by atoms with Crippen LogP contribution in [0.4, 0.5) is 0 Å². The molecule has 0 unspecified atom stereocenters. The first kappa shape index (κ1) is 15.0. The lowest BCUT2D eigenvalue weighted by molar-refractivity contribution is 0.620. The largest absolute Gasteiger partial charge is 0.436 e. The fraction of sp³-hybridized carbons (Fsp3) is 0. The minimum atomic E-state index is 0.238. The zero-order valence-electron chi connectivity index (χ0n) is 13.6. The predicted octanol–water partition coefficient (Wildman–Crippen LogP) is 5.76. The van der Waals surface area contributed by atoms with E-state index in [0.717, 1.165) is 38.8 Å². The summed E-state index contributed by atoms with van der Waals surface area (Å²) < 4.78 is 5.83. The molecule has 124 valence electrons. The van der Waals surface area contributed by atoms with Gasteiger partial charge in [0.05, 0.1) is 11.2 Å². The van der Waals surface area contributed by atoms with Gasteiger partial charge in [-0.3, -0.25) is 0 Å². The number of oxazole rings is 1. The van der Waals surface area contributed by atoms with E-state index >= 15 is 0 Å². The molecule has 2 heterocycles. The Morgan fingerprint density at radius 1 is 0.654 bits per heavy atom. The van der Waals surface area contributed by atoms with E-state index in [9.17, 15) is 0 Å². The highest BCUT2D eigenvalue weighted by atomic mass is 35.5. The first-order chi connectivity index (χ1) is 12.8. The molecule has 0 aliphatic heterocycles. The van der Waals surface area contributed by atoms with E-state index in [1.807, 2.05) is 72.8 Å². The SMILES string of the molecule is Clc1nc(-c2ccc(-c3nc4ccccc4o3)cc2)c2ccccc2n1. The number of benzene rings is 3. The fourth-order valence-corrected chi connectivity index (χ4v) is 3.21. The maximum atomic E-state index is 6.10. The first-order valence-electron chi connectivity index (χ1n) is 8.16. The molecule has 0 spiro atoms. The summed E-state index contributed by atoms with van der Waals surface area (Å²) in [6.07, 6.45) is 0. The number of hydrogen-bond donors (Lipinski definition) is 0. The topological polar surface area (TPSA) is 51.8 Å². The summed E-state index contributed by atoms with van der Waals surface area (Å²) in [5.41, 5.74) is 5.13. The van der Waals surface area contributed by atoms with Crippen LogP contribution in [-0.4, -0.2) is 15.0 Å². The summed E-state index contributed by atoms with van der Waals surface area (Å²) in [4.78, 5) is 13.2. The number of nitrogens with zero attached hydrogens (tertiary/aromatic N) is 3. The van der Waals surface area contributed by atoms with Crippen LogP contribution in [0.5, 0.6) is 0 Å². The maximum absolute atomic E-state index is 6.10. The summed E-state index contributed by atoms with van der Waals surface area (Å²) in [6.45, 7) is 0. The van der Waals surface area contributed by atoms with E-state index in [4.69, 9.17) is 16.0 Å². The molecule has 0 fully saturated rings. The average Bonchev–Trinajstić information content (AvgIpc) is 3.12. The van der Waals surface area contributed by atoms with E-state index in [1.54, 1.807) is 0 Å². The lowest BCUT2D eigenvalue weighted by Gasteiger charge is -2.06. The van der Waals surface area contributed by atoms with Crippen molar-refractivity contribution in [3.63, 3.8) is 0 Å². The van der Waals surface area contributed by atoms with Crippen molar-refractivity contribution in [1.29, 1.82) is 0 Å². The lowest BCUT2D eigenvalue weighted by Crippen LogP contribution is -1.91. The third kappa shape index (κ3) is 2.52. The number of fused-ring (bicyclic) bond motifs is 2. The first-order valence-corrected chi connectivity index (χ1v) is 8.54. The second kappa shape index (κ2) is 5.93. The lowest BCUT2D eigenvalue weighted by atomic mass is 10.0. The van der Waals surface area contributed by atoms with Crippen molar-refractivity contribution in [1.82, 2.24) is 15.0 Å². The number of halogens is 1. The molecule has 3 aromatic carbocycles. The highest BCUT2D eigenvalue weighted by Crippen LogP contribution is 2.30. The molecule has 0 saturated heterocycles. The Kier molecular flexibility index (Phi) is 3.43. The minimum absolute atomic E-state index is 0.238. The summed E-state index contributed by atoms with van der Waals surface area (Å²) in [5.74, 6) is 0.600. The highest BCUT2D eigenvalue weighted by Gasteiger charge is 2.11. The van der Waals surface area contributed by atoms with E-state index in [1.165, 1.54) is 0 Å². The summed E-state index contributed by atoms with van der Waals surface area (Å²) in [5, 5.41) is 1.20. The van der Waals surface area contributed by atoms with Crippen LogP contribution in [0.2, 0.25) is 5.28 Å². The molecule has 26 heavy (non-hydrogen) atoms. The summed E-state index contributed by atoms with van der Waals surface area (Å²) >= 11 is 6.10. The van der Waals surface area contributed by atoms with Gasteiger partial charge >= 0.3 is 0 Å². The molecule has 5 aromatic rings. The van der Waals surface area contributed by atoms with Crippen LogP contribution in [0.1, 0.15) is 0 Å². The van der Waals surface area contributed by atoms with Crippen molar-refractivity contribution in [3.05, 3.63) is 78.1 Å². The molecule has 0 aliphatic carbocycles. The Labute approximate surface area is 154 Å². The van der Waals surface area contributed by atoms with Crippen LogP contribution in [0.15, 0.2) is 77.2 Å². The molecule has 2 aromatic heterocycles. The van der Waals surface area contributed by atoms with Crippen molar-refractivity contribution >= 4 is 33.6 Å². The Bertz CT molecular complexity index is 1210. The molecule has 4 nitrogen and oxygen atoms in total. The van der Waals surface area contributed by atoms with Gasteiger partial charge in [0.25, 0.3) is 0 Å². The number of aromatic nitrogens is 3. The van der Waals surface area contributed by atoms with Crippen molar-refractivity contribution in [2.24, 2.45) is 0 Å². The minimum Gasteiger partial charge on any atom is -0.436 e. The third-order valence-electron chi connectivity index (χ3n) is 4.28. The van der Waals surface area contributed by atoms with Crippen molar-refractivity contribution in [2.45, 2.75) is 0 Å². The van der Waals surface area contributed by atoms with Gasteiger partial charge in [-0.25, -0.2) is 15.0 Å². The summed E-state index contributed by atoms with van der Waals surface area (Å²) in [7, 11) is 0. The van der Waals surface area contributed by atoms with Crippen LogP contribution in [-0.2, 0) is 0 Å². The van der Waals surface area contributed by atoms with Gasteiger partial charge in [0.2, 0.25) is 11.2 Å². The van der Waals surface area contributed by atoms with E-state index in [2.05, 4.69) is 15.0 Å². The van der Waals surface area contributed by atoms with Crippen LogP contribution >= 0.6 is 11.6 Å². The van der Waals surface area contributed by atoms with E-state index in [0.29, 0.717) is 5.89 Å².